The minimum Gasteiger partial charge on any atom is -0.497 e. The molecule has 0 aromatic heterocycles. The standard InChI is InChI=1S/C17H28N2O2/c1-5-15(6-2)19-17(20)13(3)18-12-11-14-7-9-16(21-4)10-8-14/h7-10,13,15,18H,5-6,11-12H2,1-4H3,(H,19,20). The second-order valence-corrected chi connectivity index (χ2v) is 5.30. The molecule has 118 valence electrons. The third-order valence-electron chi connectivity index (χ3n) is 3.75. The van der Waals surface area contributed by atoms with Crippen molar-refractivity contribution in [2.45, 2.75) is 52.1 Å². The molecule has 1 rings (SSSR count). The number of methoxy groups -OCH3 is 1. The zero-order valence-corrected chi connectivity index (χ0v) is 13.6. The highest BCUT2D eigenvalue weighted by molar-refractivity contribution is 5.81. The van der Waals surface area contributed by atoms with Gasteiger partial charge in [-0.2, -0.15) is 0 Å². The Bertz CT molecular complexity index is 413. The fourth-order valence-electron chi connectivity index (χ4n) is 2.14. The molecule has 0 heterocycles. The zero-order valence-electron chi connectivity index (χ0n) is 13.6. The number of carbonyl (C=O) groups excluding carboxylic acids is 1. The third kappa shape index (κ3) is 6.17. The first-order valence-electron chi connectivity index (χ1n) is 7.77. The lowest BCUT2D eigenvalue weighted by molar-refractivity contribution is -0.123. The average molecular weight is 292 g/mol. The van der Waals surface area contributed by atoms with E-state index in [4.69, 9.17) is 4.74 Å². The average Bonchev–Trinajstić information content (AvgIpc) is 2.52. The second kappa shape index (κ2) is 9.40. The number of carbonyl (C=O) groups is 1. The van der Waals surface area contributed by atoms with Crippen molar-refractivity contribution >= 4 is 5.91 Å². The van der Waals surface area contributed by atoms with Crippen LogP contribution in [0, 0.1) is 0 Å². The second-order valence-electron chi connectivity index (χ2n) is 5.30. The summed E-state index contributed by atoms with van der Waals surface area (Å²) < 4.78 is 5.13. The molecule has 1 atom stereocenters. The van der Waals surface area contributed by atoms with Crippen molar-refractivity contribution in [3.63, 3.8) is 0 Å². The van der Waals surface area contributed by atoms with Crippen LogP contribution in [-0.4, -0.2) is 31.6 Å². The molecule has 1 aromatic rings. The SMILES string of the molecule is CCC(CC)NC(=O)C(C)NCCc1ccc(OC)cc1. The number of amides is 1. The topological polar surface area (TPSA) is 50.4 Å². The number of hydrogen-bond acceptors (Lipinski definition) is 3. The molecule has 0 aliphatic rings. The summed E-state index contributed by atoms with van der Waals surface area (Å²) in [5.74, 6) is 0.947. The summed E-state index contributed by atoms with van der Waals surface area (Å²) >= 11 is 0. The molecule has 1 amide bonds. The van der Waals surface area contributed by atoms with Gasteiger partial charge in [0.05, 0.1) is 13.2 Å². The Kier molecular flexibility index (Phi) is 7.83. The van der Waals surface area contributed by atoms with Gasteiger partial charge >= 0.3 is 0 Å². The van der Waals surface area contributed by atoms with Gasteiger partial charge in [0.15, 0.2) is 0 Å². The summed E-state index contributed by atoms with van der Waals surface area (Å²) in [6, 6.07) is 8.13. The predicted octanol–water partition coefficient (Wildman–Crippen LogP) is 2.52. The minimum absolute atomic E-state index is 0.0819. The van der Waals surface area contributed by atoms with E-state index in [2.05, 4.69) is 36.6 Å². The van der Waals surface area contributed by atoms with E-state index in [9.17, 15) is 4.79 Å². The van der Waals surface area contributed by atoms with Crippen LogP contribution in [0.15, 0.2) is 24.3 Å². The lowest BCUT2D eigenvalue weighted by Gasteiger charge is -2.19. The number of nitrogens with one attached hydrogen (secondary N) is 2. The maximum Gasteiger partial charge on any atom is 0.237 e. The molecule has 21 heavy (non-hydrogen) atoms. The van der Waals surface area contributed by atoms with Gasteiger partial charge in [0.25, 0.3) is 0 Å². The molecular formula is C17H28N2O2. The Balaban J connectivity index is 2.31. The number of ether oxygens (including phenoxy) is 1. The first-order chi connectivity index (χ1) is 10.1. The summed E-state index contributed by atoms with van der Waals surface area (Å²) in [6.45, 7) is 6.88. The molecule has 0 spiro atoms. The predicted molar refractivity (Wildman–Crippen MR) is 86.7 cm³/mol. The van der Waals surface area contributed by atoms with Gasteiger partial charge in [-0.05, 0) is 50.4 Å². The summed E-state index contributed by atoms with van der Waals surface area (Å²) in [7, 11) is 1.66. The Labute approximate surface area is 128 Å². The van der Waals surface area contributed by atoms with Crippen LogP contribution in [0.2, 0.25) is 0 Å². The fourth-order valence-corrected chi connectivity index (χ4v) is 2.14. The molecule has 1 unspecified atom stereocenters. The highest BCUT2D eigenvalue weighted by Crippen LogP contribution is 2.11. The summed E-state index contributed by atoms with van der Waals surface area (Å²) in [5.41, 5.74) is 1.23. The Hall–Kier alpha value is -1.55. The number of benzene rings is 1. The maximum absolute atomic E-state index is 12.0. The van der Waals surface area contributed by atoms with Crippen molar-refractivity contribution < 1.29 is 9.53 Å². The summed E-state index contributed by atoms with van der Waals surface area (Å²) in [4.78, 5) is 12.0. The summed E-state index contributed by atoms with van der Waals surface area (Å²) in [6.07, 6.45) is 2.84. The molecule has 2 N–H and O–H groups in total. The molecular weight excluding hydrogens is 264 g/mol. The molecule has 0 saturated heterocycles. The van der Waals surface area contributed by atoms with E-state index in [0.29, 0.717) is 0 Å². The minimum atomic E-state index is -0.163. The van der Waals surface area contributed by atoms with Gasteiger partial charge in [0, 0.05) is 6.04 Å². The van der Waals surface area contributed by atoms with Crippen LogP contribution in [0.3, 0.4) is 0 Å². The van der Waals surface area contributed by atoms with E-state index in [1.54, 1.807) is 7.11 Å². The largest absolute Gasteiger partial charge is 0.497 e. The van der Waals surface area contributed by atoms with E-state index in [0.717, 1.165) is 31.6 Å². The molecule has 4 heteroatoms. The van der Waals surface area contributed by atoms with Crippen LogP contribution in [0.5, 0.6) is 5.75 Å². The molecule has 1 aromatic carbocycles. The van der Waals surface area contributed by atoms with E-state index >= 15 is 0 Å². The van der Waals surface area contributed by atoms with Crippen LogP contribution in [0.4, 0.5) is 0 Å². The first kappa shape index (κ1) is 17.5. The highest BCUT2D eigenvalue weighted by Gasteiger charge is 2.14. The van der Waals surface area contributed by atoms with Gasteiger partial charge in [-0.1, -0.05) is 26.0 Å². The van der Waals surface area contributed by atoms with Crippen LogP contribution in [-0.2, 0) is 11.2 Å². The molecule has 0 saturated carbocycles. The van der Waals surface area contributed by atoms with E-state index in [1.807, 2.05) is 19.1 Å². The normalized spacial score (nSPS) is 12.2. The Morgan fingerprint density at radius 1 is 1.19 bits per heavy atom. The van der Waals surface area contributed by atoms with Gasteiger partial charge in [0.2, 0.25) is 5.91 Å². The third-order valence-corrected chi connectivity index (χ3v) is 3.75. The molecule has 4 nitrogen and oxygen atoms in total. The molecule has 0 bridgehead atoms. The summed E-state index contributed by atoms with van der Waals surface area (Å²) in [5, 5.41) is 6.33. The lowest BCUT2D eigenvalue weighted by Crippen LogP contribution is -2.46. The van der Waals surface area contributed by atoms with Crippen molar-refractivity contribution in [3.8, 4) is 5.75 Å². The van der Waals surface area contributed by atoms with E-state index in [1.165, 1.54) is 5.56 Å². The maximum atomic E-state index is 12.0. The van der Waals surface area contributed by atoms with Gasteiger partial charge < -0.3 is 15.4 Å². The number of hydrogen-bond donors (Lipinski definition) is 2. The molecule has 0 aliphatic heterocycles. The number of rotatable bonds is 9. The molecule has 0 fully saturated rings. The van der Waals surface area contributed by atoms with Crippen LogP contribution in [0.25, 0.3) is 0 Å². The van der Waals surface area contributed by atoms with Crippen molar-refractivity contribution in [2.24, 2.45) is 0 Å². The lowest BCUT2D eigenvalue weighted by atomic mass is 10.1. The highest BCUT2D eigenvalue weighted by atomic mass is 16.5. The van der Waals surface area contributed by atoms with Crippen LogP contribution in [0.1, 0.15) is 39.2 Å². The Morgan fingerprint density at radius 2 is 1.81 bits per heavy atom. The van der Waals surface area contributed by atoms with Gasteiger partial charge in [0.1, 0.15) is 5.75 Å². The van der Waals surface area contributed by atoms with Crippen molar-refractivity contribution in [2.75, 3.05) is 13.7 Å². The van der Waals surface area contributed by atoms with Gasteiger partial charge in [-0.3, -0.25) is 4.79 Å². The monoisotopic (exact) mass is 292 g/mol. The zero-order chi connectivity index (χ0) is 15.7. The first-order valence-corrected chi connectivity index (χ1v) is 7.77. The van der Waals surface area contributed by atoms with Crippen molar-refractivity contribution in [1.82, 2.24) is 10.6 Å². The quantitative estimate of drug-likeness (QED) is 0.735. The molecule has 0 aliphatic carbocycles. The van der Waals surface area contributed by atoms with Crippen LogP contribution < -0.4 is 15.4 Å². The smallest absolute Gasteiger partial charge is 0.237 e. The van der Waals surface area contributed by atoms with Crippen molar-refractivity contribution in [1.29, 1.82) is 0 Å². The van der Waals surface area contributed by atoms with Crippen LogP contribution >= 0.6 is 0 Å². The van der Waals surface area contributed by atoms with Crippen molar-refractivity contribution in [3.05, 3.63) is 29.8 Å². The van der Waals surface area contributed by atoms with E-state index < -0.39 is 0 Å². The van der Waals surface area contributed by atoms with Gasteiger partial charge in [-0.25, -0.2) is 0 Å². The van der Waals surface area contributed by atoms with E-state index in [-0.39, 0.29) is 18.0 Å². The Morgan fingerprint density at radius 3 is 2.33 bits per heavy atom. The van der Waals surface area contributed by atoms with Gasteiger partial charge in [-0.15, -0.1) is 0 Å². The fraction of sp³-hybridized carbons (Fsp3) is 0.588. The molecule has 0 radical (unpaired) electrons.